The molecule has 2 aromatic rings. The van der Waals surface area contributed by atoms with Gasteiger partial charge in [0.05, 0.1) is 5.92 Å². The van der Waals surface area contributed by atoms with Gasteiger partial charge in [-0.15, -0.1) is 0 Å². The van der Waals surface area contributed by atoms with Gasteiger partial charge in [-0.1, -0.05) is 19.8 Å². The molecule has 0 amide bonds. The molecule has 138 valence electrons. The maximum absolute atomic E-state index is 13.1. The predicted octanol–water partition coefficient (Wildman–Crippen LogP) is 3.45. The standard InChI is InChI=1S/C20H22F2N2O2/c1-2-3-4-17(18(25)13-5-9-15(21)10-6-13)20(23,24)19(26)14-7-11-16(22)12-8-14/h5-12,17H,2-4,23-24H2,1H3. The molecule has 2 rings (SSSR count). The number of nitrogens with two attached hydrogens (primary N) is 2. The number of halogens is 2. The quantitative estimate of drug-likeness (QED) is 0.558. The molecule has 0 aliphatic heterocycles. The van der Waals surface area contributed by atoms with E-state index in [1.165, 1.54) is 36.4 Å². The predicted molar refractivity (Wildman–Crippen MR) is 95.6 cm³/mol. The second kappa shape index (κ2) is 8.29. The number of unbranched alkanes of at least 4 members (excludes halogenated alkanes) is 1. The lowest BCUT2D eigenvalue weighted by Gasteiger charge is -2.32. The molecule has 0 aliphatic carbocycles. The van der Waals surface area contributed by atoms with Gasteiger partial charge in [0.2, 0.25) is 0 Å². The molecule has 1 atom stereocenters. The highest BCUT2D eigenvalue weighted by Gasteiger charge is 2.42. The number of rotatable bonds is 8. The van der Waals surface area contributed by atoms with Gasteiger partial charge in [0, 0.05) is 11.1 Å². The topological polar surface area (TPSA) is 86.2 Å². The molecule has 6 heteroatoms. The molecular weight excluding hydrogens is 338 g/mol. The van der Waals surface area contributed by atoms with Crippen LogP contribution in [0.2, 0.25) is 0 Å². The van der Waals surface area contributed by atoms with E-state index in [9.17, 15) is 18.4 Å². The van der Waals surface area contributed by atoms with Gasteiger partial charge in [-0.2, -0.15) is 0 Å². The maximum Gasteiger partial charge on any atom is 0.197 e. The zero-order valence-electron chi connectivity index (χ0n) is 14.5. The van der Waals surface area contributed by atoms with Gasteiger partial charge in [0.25, 0.3) is 0 Å². The van der Waals surface area contributed by atoms with E-state index in [0.29, 0.717) is 12.8 Å². The van der Waals surface area contributed by atoms with E-state index in [-0.39, 0.29) is 11.1 Å². The fraction of sp³-hybridized carbons (Fsp3) is 0.300. The van der Waals surface area contributed by atoms with Gasteiger partial charge in [-0.3, -0.25) is 9.59 Å². The van der Waals surface area contributed by atoms with E-state index in [2.05, 4.69) is 0 Å². The summed E-state index contributed by atoms with van der Waals surface area (Å²) in [5, 5.41) is 0. The Hall–Kier alpha value is -2.44. The Bertz CT molecular complexity index is 771. The van der Waals surface area contributed by atoms with Gasteiger partial charge >= 0.3 is 0 Å². The van der Waals surface area contributed by atoms with Gasteiger partial charge in [-0.05, 0) is 55.0 Å². The van der Waals surface area contributed by atoms with Crippen molar-refractivity contribution in [2.75, 3.05) is 0 Å². The van der Waals surface area contributed by atoms with Crippen LogP contribution in [0.15, 0.2) is 48.5 Å². The molecule has 0 aromatic heterocycles. The summed E-state index contributed by atoms with van der Waals surface area (Å²) >= 11 is 0. The van der Waals surface area contributed by atoms with Crippen molar-refractivity contribution in [1.82, 2.24) is 0 Å². The molecule has 4 N–H and O–H groups in total. The molecule has 2 aromatic carbocycles. The van der Waals surface area contributed by atoms with E-state index in [1.807, 2.05) is 6.92 Å². The fourth-order valence-corrected chi connectivity index (χ4v) is 2.82. The van der Waals surface area contributed by atoms with Crippen molar-refractivity contribution in [1.29, 1.82) is 0 Å². The molecule has 0 fully saturated rings. The number of hydrogen-bond acceptors (Lipinski definition) is 4. The molecule has 0 saturated heterocycles. The summed E-state index contributed by atoms with van der Waals surface area (Å²) in [6, 6.07) is 9.85. The highest BCUT2D eigenvalue weighted by molar-refractivity contribution is 6.08. The molecule has 0 heterocycles. The Balaban J connectivity index is 2.36. The number of carbonyl (C=O) groups is 2. The third kappa shape index (κ3) is 4.39. The Morgan fingerprint density at radius 2 is 1.38 bits per heavy atom. The van der Waals surface area contributed by atoms with Crippen molar-refractivity contribution in [3.63, 3.8) is 0 Å². The first kappa shape index (κ1) is 19.9. The van der Waals surface area contributed by atoms with E-state index in [4.69, 9.17) is 11.5 Å². The molecule has 0 saturated carbocycles. The summed E-state index contributed by atoms with van der Waals surface area (Å²) in [5.74, 6) is -3.01. The second-order valence-corrected chi connectivity index (χ2v) is 6.33. The number of benzene rings is 2. The normalized spacial score (nSPS) is 12.7. The van der Waals surface area contributed by atoms with Crippen molar-refractivity contribution >= 4 is 11.6 Å². The van der Waals surface area contributed by atoms with Gasteiger partial charge in [0.1, 0.15) is 17.3 Å². The van der Waals surface area contributed by atoms with Crippen LogP contribution in [0.4, 0.5) is 8.78 Å². The first-order valence-corrected chi connectivity index (χ1v) is 8.45. The molecule has 26 heavy (non-hydrogen) atoms. The van der Waals surface area contributed by atoms with Crippen molar-refractivity contribution in [2.24, 2.45) is 17.4 Å². The first-order valence-electron chi connectivity index (χ1n) is 8.45. The van der Waals surface area contributed by atoms with Crippen LogP contribution in [0.25, 0.3) is 0 Å². The third-order valence-corrected chi connectivity index (χ3v) is 4.37. The van der Waals surface area contributed by atoms with Crippen molar-refractivity contribution in [3.05, 3.63) is 71.3 Å². The minimum absolute atomic E-state index is 0.129. The lowest BCUT2D eigenvalue weighted by Crippen LogP contribution is -2.63. The minimum Gasteiger partial charge on any atom is -0.306 e. The summed E-state index contributed by atoms with van der Waals surface area (Å²) < 4.78 is 26.2. The maximum atomic E-state index is 13.1. The SMILES string of the molecule is CCCCC(C(=O)c1ccc(F)cc1)C(N)(N)C(=O)c1ccc(F)cc1. The number of carbonyl (C=O) groups excluding carboxylic acids is 2. The van der Waals surface area contributed by atoms with Crippen LogP contribution in [-0.2, 0) is 0 Å². The van der Waals surface area contributed by atoms with Gasteiger partial charge in [0.15, 0.2) is 11.6 Å². The fourth-order valence-electron chi connectivity index (χ4n) is 2.82. The third-order valence-electron chi connectivity index (χ3n) is 4.37. The molecule has 0 spiro atoms. The average molecular weight is 360 g/mol. The van der Waals surface area contributed by atoms with E-state index in [0.717, 1.165) is 18.6 Å². The Morgan fingerprint density at radius 3 is 1.85 bits per heavy atom. The van der Waals surface area contributed by atoms with Crippen molar-refractivity contribution < 1.29 is 18.4 Å². The van der Waals surface area contributed by atoms with Gasteiger partial charge in [-0.25, -0.2) is 8.78 Å². The number of ketones is 2. The summed E-state index contributed by atoms with van der Waals surface area (Å²) in [7, 11) is 0. The zero-order chi connectivity index (χ0) is 19.3. The monoisotopic (exact) mass is 360 g/mol. The number of hydrogen-bond donors (Lipinski definition) is 2. The summed E-state index contributed by atoms with van der Waals surface area (Å²) in [6.07, 6.45) is 1.74. The van der Waals surface area contributed by atoms with Crippen LogP contribution in [-0.4, -0.2) is 17.2 Å². The second-order valence-electron chi connectivity index (χ2n) is 6.33. The highest BCUT2D eigenvalue weighted by atomic mass is 19.1. The Morgan fingerprint density at radius 1 is 0.923 bits per heavy atom. The first-order chi connectivity index (χ1) is 12.3. The van der Waals surface area contributed by atoms with Crippen LogP contribution in [0.3, 0.4) is 0 Å². The van der Waals surface area contributed by atoms with Crippen LogP contribution < -0.4 is 11.5 Å². The molecule has 0 aliphatic rings. The Labute approximate surface area is 151 Å². The number of Topliss-reactive ketones (excluding diaryl/α,β-unsaturated/α-hetero) is 2. The smallest absolute Gasteiger partial charge is 0.197 e. The van der Waals surface area contributed by atoms with E-state index < -0.39 is 34.8 Å². The zero-order valence-corrected chi connectivity index (χ0v) is 14.5. The Kier molecular flexibility index (Phi) is 6.34. The van der Waals surface area contributed by atoms with Crippen molar-refractivity contribution in [3.8, 4) is 0 Å². The van der Waals surface area contributed by atoms with Crippen molar-refractivity contribution in [2.45, 2.75) is 31.8 Å². The summed E-state index contributed by atoms with van der Waals surface area (Å²) in [4.78, 5) is 25.7. The lowest BCUT2D eigenvalue weighted by atomic mass is 9.79. The molecule has 4 nitrogen and oxygen atoms in total. The van der Waals surface area contributed by atoms with Crippen LogP contribution >= 0.6 is 0 Å². The highest BCUT2D eigenvalue weighted by Crippen LogP contribution is 2.25. The van der Waals surface area contributed by atoms with Gasteiger partial charge < -0.3 is 11.5 Å². The van der Waals surface area contributed by atoms with Crippen LogP contribution in [0, 0.1) is 17.6 Å². The van der Waals surface area contributed by atoms with E-state index in [1.54, 1.807) is 0 Å². The summed E-state index contributed by atoms with van der Waals surface area (Å²) in [6.45, 7) is 1.94. The lowest BCUT2D eigenvalue weighted by molar-refractivity contribution is 0.0714. The van der Waals surface area contributed by atoms with E-state index >= 15 is 0 Å². The molecular formula is C20H22F2N2O2. The molecule has 0 bridgehead atoms. The largest absolute Gasteiger partial charge is 0.306 e. The summed E-state index contributed by atoms with van der Waals surface area (Å²) in [5.41, 5.74) is 10.7. The van der Waals surface area contributed by atoms with Crippen LogP contribution in [0.5, 0.6) is 0 Å². The molecule has 0 radical (unpaired) electrons. The minimum atomic E-state index is -1.96. The van der Waals surface area contributed by atoms with Crippen LogP contribution in [0.1, 0.15) is 46.9 Å². The average Bonchev–Trinajstić information content (AvgIpc) is 2.62. The molecule has 1 unspecified atom stereocenters.